The van der Waals surface area contributed by atoms with Gasteiger partial charge in [-0.2, -0.15) is 0 Å². The molecule has 1 aliphatic rings. The minimum absolute atomic E-state index is 0.112. The van der Waals surface area contributed by atoms with Crippen molar-refractivity contribution in [3.63, 3.8) is 0 Å². The molecule has 27 heavy (non-hydrogen) atoms. The Labute approximate surface area is 156 Å². The molecule has 0 aromatic heterocycles. The predicted molar refractivity (Wildman–Crippen MR) is 99.6 cm³/mol. The van der Waals surface area contributed by atoms with Crippen molar-refractivity contribution in [1.82, 2.24) is 0 Å². The lowest BCUT2D eigenvalue weighted by Crippen LogP contribution is -2.28. The summed E-state index contributed by atoms with van der Waals surface area (Å²) in [5, 5.41) is 12.0. The van der Waals surface area contributed by atoms with Crippen LogP contribution in [0.1, 0.15) is 23.7 Å². The number of carbonyl (C=O) groups excluding carboxylic acids is 3. The van der Waals surface area contributed by atoms with Crippen molar-refractivity contribution in [2.24, 2.45) is 5.92 Å². The van der Waals surface area contributed by atoms with Gasteiger partial charge in [0.1, 0.15) is 5.75 Å². The van der Waals surface area contributed by atoms with Crippen molar-refractivity contribution < 1.29 is 24.2 Å². The zero-order valence-corrected chi connectivity index (χ0v) is 14.8. The van der Waals surface area contributed by atoms with Crippen molar-refractivity contribution in [2.75, 3.05) is 23.4 Å². The maximum atomic E-state index is 12.4. The van der Waals surface area contributed by atoms with Crippen LogP contribution in [0.15, 0.2) is 48.5 Å². The van der Waals surface area contributed by atoms with Gasteiger partial charge in [-0.15, -0.1) is 0 Å². The van der Waals surface area contributed by atoms with Crippen molar-refractivity contribution in [3.05, 3.63) is 54.1 Å². The summed E-state index contributed by atoms with van der Waals surface area (Å²) in [6.07, 6.45) is 0.115. The van der Waals surface area contributed by atoms with Crippen LogP contribution in [0.4, 0.5) is 11.4 Å². The number of hydrogen-bond acceptors (Lipinski definition) is 5. The average molecular weight is 368 g/mol. The summed E-state index contributed by atoms with van der Waals surface area (Å²) >= 11 is 0. The van der Waals surface area contributed by atoms with E-state index in [9.17, 15) is 19.5 Å². The average Bonchev–Trinajstić information content (AvgIpc) is 3.06. The van der Waals surface area contributed by atoms with Crippen LogP contribution in [0.2, 0.25) is 0 Å². The summed E-state index contributed by atoms with van der Waals surface area (Å²) in [5.74, 6) is -1.18. The Hall–Kier alpha value is -3.35. The van der Waals surface area contributed by atoms with E-state index in [4.69, 9.17) is 4.74 Å². The lowest BCUT2D eigenvalue weighted by atomic mass is 10.1. The number of esters is 1. The van der Waals surface area contributed by atoms with Gasteiger partial charge in [-0.1, -0.05) is 0 Å². The van der Waals surface area contributed by atoms with Gasteiger partial charge in [-0.05, 0) is 55.5 Å². The Balaban J connectivity index is 1.65. The lowest BCUT2D eigenvalue weighted by Gasteiger charge is -2.17. The van der Waals surface area contributed by atoms with Gasteiger partial charge in [-0.25, -0.2) is 4.79 Å². The molecule has 3 rings (SSSR count). The molecule has 0 spiro atoms. The van der Waals surface area contributed by atoms with Gasteiger partial charge in [0.2, 0.25) is 11.8 Å². The number of carbonyl (C=O) groups is 3. The molecule has 0 bridgehead atoms. The highest BCUT2D eigenvalue weighted by molar-refractivity contribution is 6.03. The van der Waals surface area contributed by atoms with Crippen LogP contribution in [0.5, 0.6) is 5.75 Å². The maximum absolute atomic E-state index is 12.4. The van der Waals surface area contributed by atoms with Crippen LogP contribution >= 0.6 is 0 Å². The minimum atomic E-state index is -0.476. The standard InChI is InChI=1S/C20H20N2O5/c1-2-27-20(26)13-3-7-16(8-4-13)22-12-14(11-18(22)24)19(25)21-15-5-9-17(23)10-6-15/h3-10,14,23H,2,11-12H2,1H3,(H,21,25)/t14-/m0/s1. The van der Waals surface area contributed by atoms with Crippen LogP contribution in [-0.4, -0.2) is 36.0 Å². The molecule has 1 heterocycles. The number of phenols is 1. The second kappa shape index (κ2) is 7.90. The van der Waals surface area contributed by atoms with Crippen molar-refractivity contribution in [1.29, 1.82) is 0 Å². The topological polar surface area (TPSA) is 95.9 Å². The van der Waals surface area contributed by atoms with E-state index in [2.05, 4.69) is 5.32 Å². The maximum Gasteiger partial charge on any atom is 0.338 e. The highest BCUT2D eigenvalue weighted by Gasteiger charge is 2.35. The normalized spacial score (nSPS) is 16.3. The van der Waals surface area contributed by atoms with Gasteiger partial charge in [0.15, 0.2) is 0 Å². The summed E-state index contributed by atoms with van der Waals surface area (Å²) in [6.45, 7) is 2.29. The van der Waals surface area contributed by atoms with E-state index in [-0.39, 0.29) is 30.5 Å². The number of nitrogens with zero attached hydrogens (tertiary/aromatic N) is 1. The predicted octanol–water partition coefficient (Wildman–Crippen LogP) is 2.56. The van der Waals surface area contributed by atoms with Crippen molar-refractivity contribution >= 4 is 29.2 Å². The van der Waals surface area contributed by atoms with Crippen LogP contribution < -0.4 is 10.2 Å². The van der Waals surface area contributed by atoms with Gasteiger partial charge < -0.3 is 20.1 Å². The highest BCUT2D eigenvalue weighted by atomic mass is 16.5. The third-order valence-corrected chi connectivity index (χ3v) is 4.32. The quantitative estimate of drug-likeness (QED) is 0.625. The smallest absolute Gasteiger partial charge is 0.338 e. The molecular weight excluding hydrogens is 348 g/mol. The first-order chi connectivity index (χ1) is 13.0. The largest absolute Gasteiger partial charge is 0.508 e. The fourth-order valence-corrected chi connectivity index (χ4v) is 2.91. The molecular formula is C20H20N2O5. The molecule has 2 aromatic rings. The molecule has 140 valence electrons. The van der Waals surface area contributed by atoms with Crippen molar-refractivity contribution in [3.8, 4) is 5.75 Å². The molecule has 0 radical (unpaired) electrons. The molecule has 0 saturated carbocycles. The molecule has 1 fully saturated rings. The van der Waals surface area contributed by atoms with Gasteiger partial charge >= 0.3 is 5.97 Å². The molecule has 1 atom stereocenters. The zero-order chi connectivity index (χ0) is 19.4. The zero-order valence-electron chi connectivity index (χ0n) is 14.8. The third-order valence-electron chi connectivity index (χ3n) is 4.32. The molecule has 2 aromatic carbocycles. The van der Waals surface area contributed by atoms with Crippen LogP contribution in [0.3, 0.4) is 0 Å². The molecule has 0 aliphatic carbocycles. The summed E-state index contributed by atoms with van der Waals surface area (Å²) in [5.41, 5.74) is 1.60. The second-order valence-corrected chi connectivity index (χ2v) is 6.21. The van der Waals surface area contributed by atoms with Gasteiger partial charge in [-0.3, -0.25) is 9.59 Å². The Morgan fingerprint density at radius 2 is 1.81 bits per heavy atom. The number of benzene rings is 2. The number of anilines is 2. The Bertz CT molecular complexity index is 846. The molecule has 7 nitrogen and oxygen atoms in total. The highest BCUT2D eigenvalue weighted by Crippen LogP contribution is 2.26. The van der Waals surface area contributed by atoms with E-state index >= 15 is 0 Å². The van der Waals surface area contributed by atoms with E-state index in [1.165, 1.54) is 17.0 Å². The number of nitrogens with one attached hydrogen (secondary N) is 1. The van der Waals surface area contributed by atoms with Crippen LogP contribution in [0, 0.1) is 5.92 Å². The number of phenolic OH excluding ortho intramolecular Hbond substituents is 1. The molecule has 2 amide bonds. The number of hydrogen-bond donors (Lipinski definition) is 2. The molecule has 7 heteroatoms. The first-order valence-corrected chi connectivity index (χ1v) is 8.65. The summed E-state index contributed by atoms with van der Waals surface area (Å²) in [6, 6.07) is 12.7. The fraction of sp³-hybridized carbons (Fsp3) is 0.250. The van der Waals surface area contributed by atoms with E-state index in [0.717, 1.165) is 0 Å². The Morgan fingerprint density at radius 3 is 2.44 bits per heavy atom. The number of amides is 2. The second-order valence-electron chi connectivity index (χ2n) is 6.21. The molecule has 1 aliphatic heterocycles. The molecule has 0 unspecified atom stereocenters. The molecule has 2 N–H and O–H groups in total. The Kier molecular flexibility index (Phi) is 5.40. The van der Waals surface area contributed by atoms with E-state index in [1.54, 1.807) is 43.3 Å². The van der Waals surface area contributed by atoms with Crippen molar-refractivity contribution in [2.45, 2.75) is 13.3 Å². The summed E-state index contributed by atoms with van der Waals surface area (Å²) in [4.78, 5) is 38.0. The molecule has 1 saturated heterocycles. The SMILES string of the molecule is CCOC(=O)c1ccc(N2C[C@@H](C(=O)Nc3ccc(O)cc3)CC2=O)cc1. The van der Waals surface area contributed by atoms with Gasteiger partial charge in [0.25, 0.3) is 0 Å². The summed E-state index contributed by atoms with van der Waals surface area (Å²) < 4.78 is 4.94. The van der Waals surface area contributed by atoms with E-state index < -0.39 is 11.9 Å². The van der Waals surface area contributed by atoms with Gasteiger partial charge in [0, 0.05) is 24.3 Å². The van der Waals surface area contributed by atoms with Crippen LogP contribution in [0.25, 0.3) is 0 Å². The first kappa shape index (κ1) is 18.4. The van der Waals surface area contributed by atoms with Gasteiger partial charge in [0.05, 0.1) is 18.1 Å². The fourth-order valence-electron chi connectivity index (χ4n) is 2.91. The first-order valence-electron chi connectivity index (χ1n) is 8.65. The number of aromatic hydroxyl groups is 1. The van der Waals surface area contributed by atoms with Crippen LogP contribution in [-0.2, 0) is 14.3 Å². The minimum Gasteiger partial charge on any atom is -0.508 e. The van der Waals surface area contributed by atoms with E-state index in [0.29, 0.717) is 23.5 Å². The number of ether oxygens (including phenoxy) is 1. The third kappa shape index (κ3) is 4.25. The lowest BCUT2D eigenvalue weighted by molar-refractivity contribution is -0.122. The summed E-state index contributed by atoms with van der Waals surface area (Å²) in [7, 11) is 0. The Morgan fingerprint density at radius 1 is 1.15 bits per heavy atom. The monoisotopic (exact) mass is 368 g/mol. The van der Waals surface area contributed by atoms with E-state index in [1.807, 2.05) is 0 Å². The number of rotatable bonds is 5.